The number of hydrogen-bond donors (Lipinski definition) is 0. The van der Waals surface area contributed by atoms with Crippen LogP contribution in [0.25, 0.3) is 11.3 Å². The Morgan fingerprint density at radius 3 is 2.63 bits per heavy atom. The molecule has 1 aromatic heterocycles. The number of aromatic nitrogens is 2. The highest BCUT2D eigenvalue weighted by Gasteiger charge is 2.12. The molecule has 98 valence electrons. The molecule has 0 radical (unpaired) electrons. The summed E-state index contributed by atoms with van der Waals surface area (Å²) in [6.45, 7) is 3.24. The molecule has 1 aromatic carbocycles. The second kappa shape index (κ2) is 5.05. The average molecular weight is 277 g/mol. The van der Waals surface area contributed by atoms with Crippen molar-refractivity contribution >= 4 is 11.6 Å². The fraction of sp³-hybridized carbons (Fsp3) is 0.286. The summed E-state index contributed by atoms with van der Waals surface area (Å²) in [5, 5.41) is 0.252. The van der Waals surface area contributed by atoms with Crippen LogP contribution < -0.4 is 9.47 Å². The molecule has 0 fully saturated rings. The Hall–Kier alpha value is -1.81. The number of rotatable bonds is 1. The molecule has 0 bridgehead atoms. The molecule has 1 aliphatic heterocycles. The van der Waals surface area contributed by atoms with E-state index >= 15 is 0 Å². The quantitative estimate of drug-likeness (QED) is 0.750. The third-order valence-corrected chi connectivity index (χ3v) is 3.04. The van der Waals surface area contributed by atoms with Crippen LogP contribution in [0.1, 0.15) is 12.1 Å². The van der Waals surface area contributed by atoms with Crippen molar-refractivity contribution < 1.29 is 9.47 Å². The molecule has 3 rings (SSSR count). The van der Waals surface area contributed by atoms with E-state index in [0.717, 1.165) is 34.9 Å². The maximum absolute atomic E-state index is 5.89. The van der Waals surface area contributed by atoms with Crippen molar-refractivity contribution in [3.05, 3.63) is 35.2 Å². The van der Waals surface area contributed by atoms with Gasteiger partial charge in [-0.15, -0.1) is 0 Å². The molecule has 1 aliphatic rings. The number of hydrogen-bond acceptors (Lipinski definition) is 4. The van der Waals surface area contributed by atoms with Gasteiger partial charge in [-0.2, -0.15) is 0 Å². The molecular formula is C14H13ClN2O2. The highest BCUT2D eigenvalue weighted by atomic mass is 35.5. The molecule has 0 N–H and O–H groups in total. The summed E-state index contributed by atoms with van der Waals surface area (Å²) in [7, 11) is 0. The smallest absolute Gasteiger partial charge is 0.223 e. The van der Waals surface area contributed by atoms with Gasteiger partial charge in [0.2, 0.25) is 5.28 Å². The van der Waals surface area contributed by atoms with E-state index in [1.807, 2.05) is 31.2 Å². The second-order valence-corrected chi connectivity index (χ2v) is 4.71. The molecule has 19 heavy (non-hydrogen) atoms. The minimum absolute atomic E-state index is 0.252. The lowest BCUT2D eigenvalue weighted by Crippen LogP contribution is -1.97. The number of fused-ring (bicyclic) bond motifs is 1. The van der Waals surface area contributed by atoms with Crippen molar-refractivity contribution in [1.82, 2.24) is 9.97 Å². The molecule has 0 saturated carbocycles. The zero-order valence-electron chi connectivity index (χ0n) is 10.5. The van der Waals surface area contributed by atoms with Gasteiger partial charge in [0.05, 0.1) is 18.9 Å². The first-order valence-corrected chi connectivity index (χ1v) is 6.51. The zero-order chi connectivity index (χ0) is 13.2. The van der Waals surface area contributed by atoms with E-state index in [2.05, 4.69) is 9.97 Å². The van der Waals surface area contributed by atoms with E-state index in [1.54, 1.807) is 0 Å². The largest absolute Gasteiger partial charge is 0.490 e. The molecule has 4 nitrogen and oxygen atoms in total. The third kappa shape index (κ3) is 2.63. The lowest BCUT2D eigenvalue weighted by atomic mass is 10.1. The van der Waals surface area contributed by atoms with Gasteiger partial charge in [0.1, 0.15) is 0 Å². The summed E-state index contributed by atoms with van der Waals surface area (Å²) < 4.78 is 11.3. The van der Waals surface area contributed by atoms with Crippen LogP contribution >= 0.6 is 11.6 Å². The van der Waals surface area contributed by atoms with Crippen molar-refractivity contribution in [2.45, 2.75) is 13.3 Å². The Balaban J connectivity index is 2.03. The predicted octanol–water partition coefficient (Wildman–Crippen LogP) is 3.27. The van der Waals surface area contributed by atoms with E-state index < -0.39 is 0 Å². The Labute approximate surface area is 116 Å². The summed E-state index contributed by atoms with van der Waals surface area (Å²) in [5.41, 5.74) is 2.56. The van der Waals surface area contributed by atoms with Gasteiger partial charge in [0, 0.05) is 17.7 Å². The van der Waals surface area contributed by atoms with Crippen LogP contribution in [0.3, 0.4) is 0 Å². The van der Waals surface area contributed by atoms with Crippen LogP contribution in [-0.2, 0) is 0 Å². The van der Waals surface area contributed by atoms with E-state index in [4.69, 9.17) is 21.1 Å². The minimum atomic E-state index is 0.252. The molecule has 0 unspecified atom stereocenters. The van der Waals surface area contributed by atoms with Crippen molar-refractivity contribution in [2.75, 3.05) is 13.2 Å². The normalized spacial score (nSPS) is 14.0. The van der Waals surface area contributed by atoms with Gasteiger partial charge in [0.15, 0.2) is 11.5 Å². The van der Waals surface area contributed by atoms with Crippen molar-refractivity contribution in [3.8, 4) is 22.8 Å². The van der Waals surface area contributed by atoms with Gasteiger partial charge < -0.3 is 9.47 Å². The van der Waals surface area contributed by atoms with E-state index in [9.17, 15) is 0 Å². The molecule has 5 heteroatoms. The molecule has 0 spiro atoms. The van der Waals surface area contributed by atoms with E-state index in [-0.39, 0.29) is 5.28 Å². The lowest BCUT2D eigenvalue weighted by molar-refractivity contribution is 0.297. The van der Waals surface area contributed by atoms with Crippen LogP contribution in [-0.4, -0.2) is 23.2 Å². The predicted molar refractivity (Wildman–Crippen MR) is 72.8 cm³/mol. The number of aryl methyl sites for hydroxylation is 1. The van der Waals surface area contributed by atoms with Crippen LogP contribution in [0.4, 0.5) is 0 Å². The molecule has 2 aromatic rings. The second-order valence-electron chi connectivity index (χ2n) is 4.38. The Bertz CT molecular complexity index is 596. The van der Waals surface area contributed by atoms with Gasteiger partial charge in [-0.1, -0.05) is 0 Å². The van der Waals surface area contributed by atoms with E-state index in [1.165, 1.54) is 0 Å². The molecule has 0 atom stereocenters. The minimum Gasteiger partial charge on any atom is -0.490 e. The fourth-order valence-corrected chi connectivity index (χ4v) is 2.23. The number of halogens is 1. The first-order valence-electron chi connectivity index (χ1n) is 6.13. The van der Waals surface area contributed by atoms with Crippen molar-refractivity contribution in [3.63, 3.8) is 0 Å². The summed E-state index contributed by atoms with van der Waals surface area (Å²) in [6.07, 6.45) is 0.891. The maximum Gasteiger partial charge on any atom is 0.223 e. The highest BCUT2D eigenvalue weighted by Crippen LogP contribution is 2.33. The summed E-state index contributed by atoms with van der Waals surface area (Å²) in [4.78, 5) is 8.30. The van der Waals surface area contributed by atoms with Crippen LogP contribution in [0.5, 0.6) is 11.5 Å². The van der Waals surface area contributed by atoms with Gasteiger partial charge in [-0.25, -0.2) is 9.97 Å². The maximum atomic E-state index is 5.89. The first-order chi connectivity index (χ1) is 9.22. The van der Waals surface area contributed by atoms with Crippen molar-refractivity contribution in [1.29, 1.82) is 0 Å². The SMILES string of the molecule is Cc1cc(-c2ccc3c(c2)OCCCO3)nc(Cl)n1. The van der Waals surface area contributed by atoms with Gasteiger partial charge >= 0.3 is 0 Å². The van der Waals surface area contributed by atoms with Crippen LogP contribution in [0.2, 0.25) is 5.28 Å². The molecule has 0 amide bonds. The molecule has 0 saturated heterocycles. The fourth-order valence-electron chi connectivity index (χ4n) is 2.00. The zero-order valence-corrected chi connectivity index (χ0v) is 11.3. The Morgan fingerprint density at radius 1 is 1.05 bits per heavy atom. The standard InChI is InChI=1S/C14H13ClN2O2/c1-9-7-11(17-14(15)16-9)10-3-4-12-13(8-10)19-6-2-5-18-12/h3-4,7-8H,2,5-6H2,1H3. The summed E-state index contributed by atoms with van der Waals surface area (Å²) in [6, 6.07) is 7.68. The molecule has 0 aliphatic carbocycles. The van der Waals surface area contributed by atoms with E-state index in [0.29, 0.717) is 13.2 Å². The van der Waals surface area contributed by atoms with Gasteiger partial charge in [-0.3, -0.25) is 0 Å². The first kappa shape index (κ1) is 12.2. The van der Waals surface area contributed by atoms with Crippen LogP contribution in [0, 0.1) is 6.92 Å². The number of ether oxygens (including phenoxy) is 2. The number of benzene rings is 1. The van der Waals surface area contributed by atoms with Crippen molar-refractivity contribution in [2.24, 2.45) is 0 Å². The summed E-state index contributed by atoms with van der Waals surface area (Å²) in [5.74, 6) is 1.53. The Morgan fingerprint density at radius 2 is 1.84 bits per heavy atom. The lowest BCUT2D eigenvalue weighted by Gasteiger charge is -2.09. The molecular weight excluding hydrogens is 264 g/mol. The van der Waals surface area contributed by atoms with Gasteiger partial charge in [0.25, 0.3) is 0 Å². The Kier molecular flexibility index (Phi) is 3.25. The van der Waals surface area contributed by atoms with Gasteiger partial charge in [-0.05, 0) is 42.8 Å². The average Bonchev–Trinajstić information content (AvgIpc) is 2.61. The summed E-state index contributed by atoms with van der Waals surface area (Å²) >= 11 is 5.89. The van der Waals surface area contributed by atoms with Crippen LogP contribution in [0.15, 0.2) is 24.3 Å². The topological polar surface area (TPSA) is 44.2 Å². The highest BCUT2D eigenvalue weighted by molar-refractivity contribution is 6.28. The third-order valence-electron chi connectivity index (χ3n) is 2.87. The monoisotopic (exact) mass is 276 g/mol. The molecule has 2 heterocycles. The number of nitrogens with zero attached hydrogens (tertiary/aromatic N) is 2.